The van der Waals surface area contributed by atoms with Crippen molar-refractivity contribution >= 4 is 5.97 Å². The standard InChI is InChI=1S/C26H37F3O6/c1-17(2)35-24(33)11-6-4-3-5-10-21-22(31)15-23(32)25(21)34-16-20(30)13-12-18-8-7-9-19(14-18)26(27,28)29/h3,5,7-9,14,17,20-23,25,30-32H,4,6,10-13,15-16H2,1-2H3/b5-3-/t20-,21-,22-,23+,25+/m0/s1. The summed E-state index contributed by atoms with van der Waals surface area (Å²) in [6, 6.07) is 4.99. The fourth-order valence-corrected chi connectivity index (χ4v) is 4.19. The van der Waals surface area contributed by atoms with Gasteiger partial charge >= 0.3 is 12.1 Å². The molecule has 0 bridgehead atoms. The number of carbonyl (C=O) groups is 1. The average molecular weight is 503 g/mol. The van der Waals surface area contributed by atoms with E-state index in [1.807, 2.05) is 12.2 Å². The second-order valence-electron chi connectivity index (χ2n) is 9.36. The summed E-state index contributed by atoms with van der Waals surface area (Å²) < 4.78 is 49.4. The molecule has 9 heteroatoms. The largest absolute Gasteiger partial charge is 0.463 e. The fraction of sp³-hybridized carbons (Fsp3) is 0.654. The summed E-state index contributed by atoms with van der Waals surface area (Å²) in [6.07, 6.45) is -1.18. The summed E-state index contributed by atoms with van der Waals surface area (Å²) in [7, 11) is 0. The van der Waals surface area contributed by atoms with Gasteiger partial charge in [-0.1, -0.05) is 30.4 Å². The first-order chi connectivity index (χ1) is 16.5. The normalized spacial score (nSPS) is 23.8. The number of ether oxygens (including phenoxy) is 2. The van der Waals surface area contributed by atoms with Crippen molar-refractivity contribution in [2.75, 3.05) is 6.61 Å². The highest BCUT2D eigenvalue weighted by Gasteiger charge is 2.42. The molecule has 198 valence electrons. The van der Waals surface area contributed by atoms with Crippen molar-refractivity contribution in [1.82, 2.24) is 0 Å². The van der Waals surface area contributed by atoms with Crippen LogP contribution >= 0.6 is 0 Å². The predicted molar refractivity (Wildman–Crippen MR) is 124 cm³/mol. The summed E-state index contributed by atoms with van der Waals surface area (Å²) in [5.41, 5.74) is -0.258. The number of alkyl halides is 3. The molecule has 0 aliphatic heterocycles. The Hall–Kier alpha value is -1.94. The van der Waals surface area contributed by atoms with Crippen molar-refractivity contribution in [3.05, 3.63) is 47.5 Å². The van der Waals surface area contributed by atoms with Crippen molar-refractivity contribution in [3.8, 4) is 0 Å². The smallest absolute Gasteiger partial charge is 0.416 e. The Morgan fingerprint density at radius 2 is 1.94 bits per heavy atom. The number of unbranched alkanes of at least 4 members (excludes halogenated alkanes) is 1. The van der Waals surface area contributed by atoms with Gasteiger partial charge in [0, 0.05) is 18.8 Å². The van der Waals surface area contributed by atoms with Gasteiger partial charge in [0.05, 0.1) is 42.7 Å². The zero-order valence-electron chi connectivity index (χ0n) is 20.3. The van der Waals surface area contributed by atoms with Gasteiger partial charge < -0.3 is 24.8 Å². The molecular formula is C26H37F3O6. The summed E-state index contributed by atoms with van der Waals surface area (Å²) in [5, 5.41) is 30.9. The molecule has 1 aromatic rings. The number of aliphatic hydroxyl groups is 3. The monoisotopic (exact) mass is 502 g/mol. The second-order valence-corrected chi connectivity index (χ2v) is 9.36. The molecule has 0 unspecified atom stereocenters. The van der Waals surface area contributed by atoms with Crippen molar-refractivity contribution in [2.24, 2.45) is 5.92 Å². The Morgan fingerprint density at radius 1 is 1.20 bits per heavy atom. The number of rotatable bonds is 13. The Kier molecular flexibility index (Phi) is 11.7. The van der Waals surface area contributed by atoms with Crippen LogP contribution in [0.3, 0.4) is 0 Å². The number of aliphatic hydroxyl groups excluding tert-OH is 3. The van der Waals surface area contributed by atoms with Gasteiger partial charge in [-0.25, -0.2) is 0 Å². The number of hydrogen-bond acceptors (Lipinski definition) is 6. The first kappa shape index (κ1) is 29.3. The molecule has 0 radical (unpaired) electrons. The molecule has 1 saturated carbocycles. The Labute approximate surface area is 204 Å². The molecular weight excluding hydrogens is 465 g/mol. The van der Waals surface area contributed by atoms with Crippen molar-refractivity contribution in [3.63, 3.8) is 0 Å². The van der Waals surface area contributed by atoms with Gasteiger partial charge in [0.2, 0.25) is 0 Å². The van der Waals surface area contributed by atoms with E-state index in [-0.39, 0.29) is 43.9 Å². The minimum absolute atomic E-state index is 0.0917. The molecule has 0 heterocycles. The van der Waals surface area contributed by atoms with E-state index in [9.17, 15) is 33.3 Å². The fourth-order valence-electron chi connectivity index (χ4n) is 4.19. The number of esters is 1. The van der Waals surface area contributed by atoms with Gasteiger partial charge in [-0.2, -0.15) is 13.2 Å². The van der Waals surface area contributed by atoms with E-state index in [0.29, 0.717) is 31.2 Å². The van der Waals surface area contributed by atoms with Crippen LogP contribution < -0.4 is 0 Å². The van der Waals surface area contributed by atoms with Gasteiger partial charge in [0.15, 0.2) is 0 Å². The van der Waals surface area contributed by atoms with Gasteiger partial charge in [-0.05, 0) is 57.6 Å². The molecule has 5 atom stereocenters. The van der Waals surface area contributed by atoms with Crippen LogP contribution in [0, 0.1) is 5.92 Å². The Morgan fingerprint density at radius 3 is 2.63 bits per heavy atom. The first-order valence-electron chi connectivity index (χ1n) is 12.1. The number of hydrogen-bond donors (Lipinski definition) is 3. The predicted octanol–water partition coefficient (Wildman–Crippen LogP) is 4.19. The minimum Gasteiger partial charge on any atom is -0.463 e. The molecule has 0 spiro atoms. The van der Waals surface area contributed by atoms with E-state index in [0.717, 1.165) is 12.1 Å². The van der Waals surface area contributed by atoms with Gasteiger partial charge in [-0.15, -0.1) is 0 Å². The zero-order chi connectivity index (χ0) is 26.0. The molecule has 1 aliphatic rings. The third kappa shape index (κ3) is 10.3. The maximum absolute atomic E-state index is 12.9. The molecule has 1 fully saturated rings. The van der Waals surface area contributed by atoms with Gasteiger partial charge in [-0.3, -0.25) is 4.79 Å². The van der Waals surface area contributed by atoms with Gasteiger partial charge in [0.1, 0.15) is 0 Å². The molecule has 2 rings (SSSR count). The molecule has 3 N–H and O–H groups in total. The Balaban J connectivity index is 1.76. The summed E-state index contributed by atoms with van der Waals surface area (Å²) in [6.45, 7) is 3.51. The van der Waals surface area contributed by atoms with Crippen LogP contribution in [0.5, 0.6) is 0 Å². The summed E-state index contributed by atoms with van der Waals surface area (Å²) >= 11 is 0. The first-order valence-corrected chi connectivity index (χ1v) is 12.1. The summed E-state index contributed by atoms with van der Waals surface area (Å²) in [4.78, 5) is 11.5. The Bertz CT molecular complexity index is 811. The van der Waals surface area contributed by atoms with E-state index in [1.54, 1.807) is 19.9 Å². The molecule has 35 heavy (non-hydrogen) atoms. The van der Waals surface area contributed by atoms with Crippen LogP contribution in [0.1, 0.15) is 63.5 Å². The maximum Gasteiger partial charge on any atom is 0.416 e. The maximum atomic E-state index is 12.9. The lowest BCUT2D eigenvalue weighted by molar-refractivity contribution is -0.147. The molecule has 0 saturated heterocycles. The van der Waals surface area contributed by atoms with Crippen LogP contribution in [0.15, 0.2) is 36.4 Å². The average Bonchev–Trinajstić information content (AvgIpc) is 3.04. The van der Waals surface area contributed by atoms with Crippen molar-refractivity contribution in [2.45, 2.75) is 95.5 Å². The van der Waals surface area contributed by atoms with Crippen LogP contribution in [-0.4, -0.2) is 58.4 Å². The number of benzene rings is 1. The lowest BCUT2D eigenvalue weighted by Crippen LogP contribution is -2.33. The molecule has 6 nitrogen and oxygen atoms in total. The minimum atomic E-state index is -4.42. The highest BCUT2D eigenvalue weighted by molar-refractivity contribution is 5.69. The van der Waals surface area contributed by atoms with Crippen molar-refractivity contribution in [1.29, 1.82) is 0 Å². The summed E-state index contributed by atoms with van der Waals surface area (Å²) in [5.74, 6) is -0.578. The van der Waals surface area contributed by atoms with Gasteiger partial charge in [0.25, 0.3) is 0 Å². The highest BCUT2D eigenvalue weighted by Crippen LogP contribution is 2.33. The van der Waals surface area contributed by atoms with E-state index in [2.05, 4.69) is 0 Å². The topological polar surface area (TPSA) is 96.2 Å². The quantitative estimate of drug-likeness (QED) is 0.213. The number of aryl methyl sites for hydroxylation is 1. The third-order valence-electron chi connectivity index (χ3n) is 5.97. The lowest BCUT2D eigenvalue weighted by atomic mass is 9.98. The molecule has 0 aromatic heterocycles. The zero-order valence-corrected chi connectivity index (χ0v) is 20.3. The van der Waals surface area contributed by atoms with E-state index in [1.165, 1.54) is 6.07 Å². The van der Waals surface area contributed by atoms with E-state index in [4.69, 9.17) is 9.47 Å². The number of carbonyl (C=O) groups excluding carboxylic acids is 1. The number of allylic oxidation sites excluding steroid dienone is 2. The molecule has 0 amide bonds. The van der Waals surface area contributed by atoms with Crippen LogP contribution in [0.2, 0.25) is 0 Å². The number of halogens is 3. The van der Waals surface area contributed by atoms with E-state index < -0.39 is 36.2 Å². The lowest BCUT2D eigenvalue weighted by Gasteiger charge is -2.24. The highest BCUT2D eigenvalue weighted by atomic mass is 19.4. The molecule has 1 aromatic carbocycles. The third-order valence-corrected chi connectivity index (χ3v) is 5.97. The SMILES string of the molecule is CC(C)OC(=O)CCC/C=C\C[C@@H]1[C@@H](OC[C@@H](O)CCc2cccc(C(F)(F)F)c2)[C@H](O)C[C@@H]1O. The van der Waals surface area contributed by atoms with E-state index >= 15 is 0 Å². The van der Waals surface area contributed by atoms with Crippen LogP contribution in [0.25, 0.3) is 0 Å². The molecule has 1 aliphatic carbocycles. The van der Waals surface area contributed by atoms with Crippen molar-refractivity contribution < 1.29 is 42.8 Å². The van der Waals surface area contributed by atoms with Crippen LogP contribution in [0.4, 0.5) is 13.2 Å². The van der Waals surface area contributed by atoms with Crippen LogP contribution in [-0.2, 0) is 26.9 Å². The second kappa shape index (κ2) is 14.0.